The molecule has 0 radical (unpaired) electrons. The maximum absolute atomic E-state index is 13.2. The van der Waals surface area contributed by atoms with E-state index in [0.717, 1.165) is 38.5 Å². The molecule has 1 heterocycles. The summed E-state index contributed by atoms with van der Waals surface area (Å²) in [7, 11) is -1.24. The summed E-state index contributed by atoms with van der Waals surface area (Å²) in [5.74, 6) is -0.245. The summed E-state index contributed by atoms with van der Waals surface area (Å²) < 4.78 is 11.2. The highest BCUT2D eigenvalue weighted by atomic mass is 28.3. The van der Waals surface area contributed by atoms with Gasteiger partial charge in [0.25, 0.3) is 0 Å². The largest absolute Gasteiger partial charge is 0.394 e. The van der Waals surface area contributed by atoms with E-state index in [1.807, 2.05) is 0 Å². The normalized spacial score (nSPS) is 21.6. The Morgan fingerprint density at radius 2 is 1.02 bits per heavy atom. The molecule has 0 spiro atoms. The van der Waals surface area contributed by atoms with Crippen molar-refractivity contribution in [2.45, 2.75) is 281 Å². The standard InChI is InChI=1S/C47H95NO9Si/c1-5-8-11-14-15-16-17-18-19-20-22-27-32-40(50)43(52)39(38-56-47-46(55)45(54)44(53)41(37-49)57-47)48-42(51)33-28-23-21-26-31-36-58(4,34-29-24-12-9-6-2)35-30-25-13-10-7-3/h39-41,43-47,49-50,52-55H,5-38H2,1-4H3,(H,48,51)/t39-,40+,41?,43-,44?,45?,46?,47?/m0/s1. The second kappa shape index (κ2) is 35.9. The van der Waals surface area contributed by atoms with Crippen molar-refractivity contribution in [1.29, 1.82) is 0 Å². The highest BCUT2D eigenvalue weighted by molar-refractivity contribution is 6.78. The van der Waals surface area contributed by atoms with E-state index in [1.165, 1.54) is 153 Å². The molecule has 5 unspecified atom stereocenters. The first kappa shape index (κ1) is 55.4. The second-order valence-corrected chi connectivity index (χ2v) is 23.5. The zero-order valence-corrected chi connectivity index (χ0v) is 39.1. The Kier molecular flexibility index (Phi) is 34.3. The van der Waals surface area contributed by atoms with Gasteiger partial charge in [-0.2, -0.15) is 0 Å². The quantitative estimate of drug-likeness (QED) is 0.0235. The molecule has 10 nitrogen and oxygen atoms in total. The van der Waals surface area contributed by atoms with Gasteiger partial charge in [0.2, 0.25) is 5.91 Å². The topological polar surface area (TPSA) is 169 Å². The molecular weight excluding hydrogens is 751 g/mol. The SMILES string of the molecule is CCCCCCCCCCCCCC[C@@H](O)[C@@H](O)[C@H](COC1OC(CO)C(O)C(O)C1O)NC(=O)CCCCCCC[Si](C)(CCCCCCC)CCCCCCC. The number of aliphatic hydroxyl groups excluding tert-OH is 6. The number of rotatable bonds is 40. The molecule has 0 aromatic rings. The molecule has 8 atom stereocenters. The molecule has 1 aliphatic rings. The van der Waals surface area contributed by atoms with Gasteiger partial charge in [-0.05, 0) is 12.8 Å². The smallest absolute Gasteiger partial charge is 0.220 e. The first-order valence-corrected chi connectivity index (χ1v) is 27.7. The van der Waals surface area contributed by atoms with E-state index in [-0.39, 0.29) is 12.5 Å². The average molecular weight is 846 g/mol. The van der Waals surface area contributed by atoms with Crippen LogP contribution in [0.3, 0.4) is 0 Å². The van der Waals surface area contributed by atoms with Gasteiger partial charge in [0.1, 0.15) is 30.5 Å². The Hall–Kier alpha value is -0.633. The van der Waals surface area contributed by atoms with Crippen molar-refractivity contribution in [3.63, 3.8) is 0 Å². The molecule has 1 rings (SSSR count). The minimum Gasteiger partial charge on any atom is -0.394 e. The highest BCUT2D eigenvalue weighted by Crippen LogP contribution is 2.30. The van der Waals surface area contributed by atoms with Crippen LogP contribution in [0.25, 0.3) is 0 Å². The van der Waals surface area contributed by atoms with Crippen molar-refractivity contribution >= 4 is 14.0 Å². The minimum atomic E-state index is -1.60. The van der Waals surface area contributed by atoms with Gasteiger partial charge in [0.15, 0.2) is 6.29 Å². The number of nitrogens with one attached hydrogen (secondary N) is 1. The van der Waals surface area contributed by atoms with Crippen LogP contribution in [0.15, 0.2) is 0 Å². The fourth-order valence-electron chi connectivity index (χ4n) is 8.59. The van der Waals surface area contributed by atoms with E-state index in [2.05, 4.69) is 32.6 Å². The van der Waals surface area contributed by atoms with Gasteiger partial charge in [0, 0.05) is 6.42 Å². The van der Waals surface area contributed by atoms with Crippen LogP contribution in [0, 0.1) is 0 Å². The summed E-state index contributed by atoms with van der Waals surface area (Å²) in [6.45, 7) is 8.56. The average Bonchev–Trinajstić information content (AvgIpc) is 3.21. The maximum atomic E-state index is 13.2. The Labute approximate surface area is 357 Å². The van der Waals surface area contributed by atoms with E-state index in [9.17, 15) is 35.4 Å². The third kappa shape index (κ3) is 26.0. The molecule has 346 valence electrons. The number of ether oxygens (including phenoxy) is 2. The summed E-state index contributed by atoms with van der Waals surface area (Å²) in [4.78, 5) is 13.2. The minimum absolute atomic E-state index is 0.245. The molecule has 1 saturated heterocycles. The van der Waals surface area contributed by atoms with Crippen LogP contribution in [-0.2, 0) is 14.3 Å². The molecule has 0 saturated carbocycles. The van der Waals surface area contributed by atoms with Gasteiger partial charge in [-0.1, -0.05) is 212 Å². The van der Waals surface area contributed by atoms with Crippen LogP contribution in [0.4, 0.5) is 0 Å². The molecule has 0 aromatic carbocycles. The summed E-state index contributed by atoms with van der Waals surface area (Å²) in [6.07, 6.45) is 24.2. The number of amides is 1. The fraction of sp³-hybridized carbons (Fsp3) is 0.979. The number of carbonyl (C=O) groups excluding carboxylic acids is 1. The Balaban J connectivity index is 2.59. The van der Waals surface area contributed by atoms with E-state index in [1.54, 1.807) is 0 Å². The van der Waals surface area contributed by atoms with Crippen LogP contribution < -0.4 is 5.32 Å². The van der Waals surface area contributed by atoms with Gasteiger partial charge < -0.3 is 45.4 Å². The number of hydrogen-bond acceptors (Lipinski definition) is 9. The van der Waals surface area contributed by atoms with Gasteiger partial charge in [-0.3, -0.25) is 4.79 Å². The van der Waals surface area contributed by atoms with Crippen molar-refractivity contribution in [1.82, 2.24) is 5.32 Å². The molecule has 0 bridgehead atoms. The van der Waals surface area contributed by atoms with E-state index < -0.39 is 63.6 Å². The predicted octanol–water partition coefficient (Wildman–Crippen LogP) is 9.46. The van der Waals surface area contributed by atoms with Crippen LogP contribution in [0.5, 0.6) is 0 Å². The lowest BCUT2D eigenvalue weighted by Crippen LogP contribution is -2.60. The van der Waals surface area contributed by atoms with Crippen molar-refractivity contribution in [2.75, 3.05) is 13.2 Å². The summed E-state index contributed by atoms with van der Waals surface area (Å²) in [5.41, 5.74) is 0. The maximum Gasteiger partial charge on any atom is 0.220 e. The molecule has 0 aliphatic carbocycles. The molecule has 1 aliphatic heterocycles. The lowest BCUT2D eigenvalue weighted by Gasteiger charge is -2.40. The molecule has 0 aromatic heterocycles. The monoisotopic (exact) mass is 846 g/mol. The summed E-state index contributed by atoms with van der Waals surface area (Å²) >= 11 is 0. The van der Waals surface area contributed by atoms with Crippen LogP contribution in [-0.4, -0.2) is 107 Å². The highest BCUT2D eigenvalue weighted by Gasteiger charge is 2.44. The third-order valence-electron chi connectivity index (χ3n) is 12.7. The summed E-state index contributed by atoms with van der Waals surface area (Å²) in [5, 5.41) is 65.5. The second-order valence-electron chi connectivity index (χ2n) is 18.3. The van der Waals surface area contributed by atoms with E-state index in [4.69, 9.17) is 9.47 Å². The molecule has 7 N–H and O–H groups in total. The molecule has 58 heavy (non-hydrogen) atoms. The molecule has 1 fully saturated rings. The number of aliphatic hydroxyl groups is 6. The number of hydrogen-bond donors (Lipinski definition) is 7. The van der Waals surface area contributed by atoms with Crippen molar-refractivity contribution < 1.29 is 44.9 Å². The predicted molar refractivity (Wildman–Crippen MR) is 241 cm³/mol. The van der Waals surface area contributed by atoms with Gasteiger partial charge in [-0.15, -0.1) is 0 Å². The zero-order chi connectivity index (χ0) is 42.9. The van der Waals surface area contributed by atoms with Crippen LogP contribution in [0.2, 0.25) is 24.7 Å². The lowest BCUT2D eigenvalue weighted by molar-refractivity contribution is -0.303. The number of unbranched alkanes of at least 4 members (excludes halogenated alkanes) is 23. The van der Waals surface area contributed by atoms with Crippen molar-refractivity contribution in [3.8, 4) is 0 Å². The third-order valence-corrected chi connectivity index (χ3v) is 17.4. The van der Waals surface area contributed by atoms with E-state index >= 15 is 0 Å². The van der Waals surface area contributed by atoms with Crippen LogP contribution >= 0.6 is 0 Å². The first-order valence-electron chi connectivity index (χ1n) is 24.6. The lowest BCUT2D eigenvalue weighted by atomic mass is 9.98. The van der Waals surface area contributed by atoms with Gasteiger partial charge in [-0.25, -0.2) is 0 Å². The zero-order valence-electron chi connectivity index (χ0n) is 38.1. The van der Waals surface area contributed by atoms with E-state index in [0.29, 0.717) is 12.8 Å². The summed E-state index contributed by atoms with van der Waals surface area (Å²) in [6, 6.07) is 3.35. The van der Waals surface area contributed by atoms with Gasteiger partial charge >= 0.3 is 0 Å². The Morgan fingerprint density at radius 1 is 0.603 bits per heavy atom. The first-order chi connectivity index (χ1) is 28.0. The number of carbonyl (C=O) groups is 1. The molecule has 11 heteroatoms. The Bertz CT molecular complexity index is 932. The Morgan fingerprint density at radius 3 is 1.47 bits per heavy atom. The molecular formula is C47H95NO9Si. The fourth-order valence-corrected chi connectivity index (χ4v) is 12.7. The van der Waals surface area contributed by atoms with Crippen molar-refractivity contribution in [2.24, 2.45) is 0 Å². The van der Waals surface area contributed by atoms with Gasteiger partial charge in [0.05, 0.1) is 33.4 Å². The van der Waals surface area contributed by atoms with Crippen molar-refractivity contribution in [3.05, 3.63) is 0 Å². The molecule has 1 amide bonds. The van der Waals surface area contributed by atoms with Crippen LogP contribution in [0.1, 0.15) is 207 Å².